The van der Waals surface area contributed by atoms with E-state index in [4.69, 9.17) is 16.3 Å². The smallest absolute Gasteiger partial charge is 0.258 e. The number of anilines is 1. The van der Waals surface area contributed by atoms with Crippen LogP contribution in [0.4, 0.5) is 5.95 Å². The molecule has 0 aliphatic heterocycles. The summed E-state index contributed by atoms with van der Waals surface area (Å²) in [5.41, 5.74) is 2.58. The van der Waals surface area contributed by atoms with Gasteiger partial charge < -0.3 is 10.1 Å². The number of hydrogen-bond donors (Lipinski definition) is 1. The first-order valence-electron chi connectivity index (χ1n) is 7.56. The van der Waals surface area contributed by atoms with Crippen molar-refractivity contribution in [2.75, 3.05) is 24.9 Å². The number of alkyl halides is 1. The second-order valence-electron chi connectivity index (χ2n) is 5.33. The number of ether oxygens (including phenoxy) is 1. The zero-order valence-corrected chi connectivity index (χ0v) is 14.5. The average molecular weight is 336 g/mol. The fraction of sp³-hybridized carbons (Fsp3) is 0.412. The van der Waals surface area contributed by atoms with E-state index < -0.39 is 0 Å². The molecule has 23 heavy (non-hydrogen) atoms. The predicted octanol–water partition coefficient (Wildman–Crippen LogP) is 2.53. The van der Waals surface area contributed by atoms with Crippen LogP contribution in [0.3, 0.4) is 0 Å². The zero-order valence-electron chi connectivity index (χ0n) is 13.7. The first-order valence-corrected chi connectivity index (χ1v) is 8.09. The van der Waals surface area contributed by atoms with Crippen LogP contribution in [0.1, 0.15) is 16.8 Å². The molecule has 0 saturated carbocycles. The Hall–Kier alpha value is -2.01. The third-order valence-electron chi connectivity index (χ3n) is 3.79. The van der Waals surface area contributed by atoms with Gasteiger partial charge in [0, 0.05) is 30.7 Å². The summed E-state index contributed by atoms with van der Waals surface area (Å²) >= 11 is 5.74. The van der Waals surface area contributed by atoms with Crippen LogP contribution in [0.5, 0.6) is 5.75 Å². The molecule has 2 rings (SSSR count). The average Bonchev–Trinajstić information content (AvgIpc) is 2.56. The number of rotatable bonds is 7. The largest absolute Gasteiger partial charge is 0.497 e. The maximum atomic E-state index is 12.3. The minimum Gasteiger partial charge on any atom is -0.497 e. The van der Waals surface area contributed by atoms with Crippen LogP contribution in [-0.4, -0.2) is 29.1 Å². The molecule has 0 radical (unpaired) electrons. The van der Waals surface area contributed by atoms with Crippen molar-refractivity contribution in [3.63, 3.8) is 0 Å². The Bertz CT molecular complexity index is 711. The molecule has 0 amide bonds. The van der Waals surface area contributed by atoms with Gasteiger partial charge in [0.05, 0.1) is 7.11 Å². The fourth-order valence-electron chi connectivity index (χ4n) is 2.41. The third-order valence-corrected chi connectivity index (χ3v) is 3.98. The monoisotopic (exact) mass is 335 g/mol. The van der Waals surface area contributed by atoms with E-state index in [0.717, 1.165) is 17.9 Å². The van der Waals surface area contributed by atoms with E-state index in [-0.39, 0.29) is 5.56 Å². The number of methoxy groups -OCH3 is 1. The van der Waals surface area contributed by atoms with Crippen LogP contribution in [-0.2, 0) is 19.9 Å². The molecule has 1 aromatic heterocycles. The van der Waals surface area contributed by atoms with Crippen LogP contribution >= 0.6 is 11.6 Å². The molecular weight excluding hydrogens is 314 g/mol. The van der Waals surface area contributed by atoms with Crippen LogP contribution in [0, 0.1) is 6.92 Å². The van der Waals surface area contributed by atoms with Gasteiger partial charge in [-0.3, -0.25) is 9.36 Å². The highest BCUT2D eigenvalue weighted by Gasteiger charge is 2.11. The van der Waals surface area contributed by atoms with E-state index in [9.17, 15) is 4.79 Å². The van der Waals surface area contributed by atoms with Gasteiger partial charge in [0.15, 0.2) is 0 Å². The van der Waals surface area contributed by atoms with Gasteiger partial charge in [0.25, 0.3) is 5.56 Å². The van der Waals surface area contributed by atoms with Gasteiger partial charge in [-0.2, -0.15) is 0 Å². The normalized spacial score (nSPS) is 10.6. The van der Waals surface area contributed by atoms with Crippen LogP contribution in [0.15, 0.2) is 29.1 Å². The standard InChI is InChI=1S/C17H22ClN3O2/c1-12-15(8-10-18)16(22)21(2)17(20-12)19-11-9-13-4-6-14(23-3)7-5-13/h4-7H,8-11H2,1-3H3,(H,19,20). The molecule has 6 heteroatoms. The minimum absolute atomic E-state index is 0.0369. The molecule has 0 aliphatic rings. The number of hydrogen-bond acceptors (Lipinski definition) is 4. The molecule has 0 atom stereocenters. The number of benzene rings is 1. The third kappa shape index (κ3) is 4.26. The Morgan fingerprint density at radius 3 is 2.57 bits per heavy atom. The van der Waals surface area contributed by atoms with Gasteiger partial charge in [0.2, 0.25) is 5.95 Å². The second-order valence-corrected chi connectivity index (χ2v) is 5.71. The molecule has 0 unspecified atom stereocenters. The Morgan fingerprint density at radius 2 is 1.96 bits per heavy atom. The first-order chi connectivity index (χ1) is 11.1. The Morgan fingerprint density at radius 1 is 1.26 bits per heavy atom. The molecule has 1 heterocycles. The van der Waals surface area contributed by atoms with E-state index in [1.807, 2.05) is 31.2 Å². The van der Waals surface area contributed by atoms with E-state index in [0.29, 0.717) is 30.4 Å². The fourth-order valence-corrected chi connectivity index (χ4v) is 2.59. The number of halogens is 1. The Kier molecular flexibility index (Phi) is 6.04. The number of aromatic nitrogens is 2. The van der Waals surface area contributed by atoms with Crippen LogP contribution in [0.2, 0.25) is 0 Å². The molecular formula is C17H22ClN3O2. The Labute approximate surface area is 141 Å². The van der Waals surface area contributed by atoms with E-state index in [2.05, 4.69) is 10.3 Å². The lowest BCUT2D eigenvalue weighted by Crippen LogP contribution is -2.27. The number of aryl methyl sites for hydroxylation is 1. The zero-order chi connectivity index (χ0) is 16.8. The quantitative estimate of drug-likeness (QED) is 0.790. The van der Waals surface area contributed by atoms with Crippen molar-refractivity contribution < 1.29 is 4.74 Å². The molecule has 0 spiro atoms. The van der Waals surface area contributed by atoms with Crippen LogP contribution in [0.25, 0.3) is 0 Å². The second kappa shape index (κ2) is 8.02. The van der Waals surface area contributed by atoms with Gasteiger partial charge in [-0.05, 0) is 37.5 Å². The van der Waals surface area contributed by atoms with Crippen molar-refractivity contribution in [1.82, 2.24) is 9.55 Å². The summed E-state index contributed by atoms with van der Waals surface area (Å²) in [6.45, 7) is 2.54. The van der Waals surface area contributed by atoms with Crippen molar-refractivity contribution in [2.24, 2.45) is 7.05 Å². The minimum atomic E-state index is -0.0369. The molecule has 0 saturated heterocycles. The molecule has 0 bridgehead atoms. The van der Waals surface area contributed by atoms with Crippen molar-refractivity contribution in [1.29, 1.82) is 0 Å². The lowest BCUT2D eigenvalue weighted by molar-refractivity contribution is 0.414. The predicted molar refractivity (Wildman–Crippen MR) is 93.8 cm³/mol. The molecule has 5 nitrogen and oxygen atoms in total. The summed E-state index contributed by atoms with van der Waals surface area (Å²) in [6.07, 6.45) is 1.38. The maximum Gasteiger partial charge on any atom is 0.258 e. The summed E-state index contributed by atoms with van der Waals surface area (Å²) < 4.78 is 6.69. The van der Waals surface area contributed by atoms with Crippen molar-refractivity contribution in [3.8, 4) is 5.75 Å². The molecule has 2 aromatic rings. The highest BCUT2D eigenvalue weighted by molar-refractivity contribution is 6.17. The summed E-state index contributed by atoms with van der Waals surface area (Å²) in [5.74, 6) is 1.85. The van der Waals surface area contributed by atoms with E-state index >= 15 is 0 Å². The SMILES string of the molecule is COc1ccc(CCNc2nc(C)c(CCCl)c(=O)n2C)cc1. The van der Waals surface area contributed by atoms with Crippen LogP contribution < -0.4 is 15.6 Å². The highest BCUT2D eigenvalue weighted by Crippen LogP contribution is 2.12. The summed E-state index contributed by atoms with van der Waals surface area (Å²) in [5, 5.41) is 3.23. The lowest BCUT2D eigenvalue weighted by Gasteiger charge is -2.13. The van der Waals surface area contributed by atoms with E-state index in [1.54, 1.807) is 18.7 Å². The lowest BCUT2D eigenvalue weighted by atomic mass is 10.1. The van der Waals surface area contributed by atoms with Gasteiger partial charge in [-0.15, -0.1) is 11.6 Å². The summed E-state index contributed by atoms with van der Waals surface area (Å²) in [4.78, 5) is 16.8. The van der Waals surface area contributed by atoms with Crippen molar-refractivity contribution >= 4 is 17.5 Å². The molecule has 0 fully saturated rings. The van der Waals surface area contributed by atoms with Crippen molar-refractivity contribution in [2.45, 2.75) is 19.8 Å². The highest BCUT2D eigenvalue weighted by atomic mass is 35.5. The molecule has 0 aliphatic carbocycles. The van der Waals surface area contributed by atoms with E-state index in [1.165, 1.54) is 5.56 Å². The maximum absolute atomic E-state index is 12.3. The Balaban J connectivity index is 2.04. The summed E-state index contributed by atoms with van der Waals surface area (Å²) in [7, 11) is 3.38. The van der Waals surface area contributed by atoms with Gasteiger partial charge in [-0.25, -0.2) is 4.98 Å². The van der Waals surface area contributed by atoms with Gasteiger partial charge in [0.1, 0.15) is 5.75 Å². The molecule has 1 N–H and O–H groups in total. The van der Waals surface area contributed by atoms with Crippen molar-refractivity contribution in [3.05, 3.63) is 51.4 Å². The van der Waals surface area contributed by atoms with Gasteiger partial charge >= 0.3 is 0 Å². The first kappa shape index (κ1) is 17.3. The van der Waals surface area contributed by atoms with Gasteiger partial charge in [-0.1, -0.05) is 12.1 Å². The number of nitrogens with zero attached hydrogens (tertiary/aromatic N) is 2. The summed E-state index contributed by atoms with van der Waals surface area (Å²) in [6, 6.07) is 7.94. The topological polar surface area (TPSA) is 56.1 Å². The molecule has 124 valence electrons. The number of nitrogens with one attached hydrogen (secondary N) is 1. The molecule has 1 aromatic carbocycles.